The fourth-order valence-corrected chi connectivity index (χ4v) is 0.714. The number of aliphatic carboxylic acids is 3. The number of aliphatic hydroxyl groups is 1. The summed E-state index contributed by atoms with van der Waals surface area (Å²) in [6.45, 7) is 0. The van der Waals surface area contributed by atoms with Crippen molar-refractivity contribution >= 4 is 17.9 Å². The van der Waals surface area contributed by atoms with Crippen LogP contribution in [0.1, 0.15) is 15.7 Å². The van der Waals surface area contributed by atoms with Crippen molar-refractivity contribution in [3.05, 3.63) is 0 Å². The van der Waals surface area contributed by atoms with Crippen molar-refractivity contribution in [2.75, 3.05) is 0 Å². The minimum Gasteiger partial charge on any atom is -1.00 e. The molecule has 0 bridgehead atoms. The van der Waals surface area contributed by atoms with E-state index in [9.17, 15) is 14.4 Å². The molecule has 89 valence electrons. The molecule has 0 aliphatic heterocycles. The van der Waals surface area contributed by atoms with Gasteiger partial charge in [-0.25, -0.2) is 4.79 Å². The summed E-state index contributed by atoms with van der Waals surface area (Å²) < 4.78 is 0. The Morgan fingerprint density at radius 2 is 1.19 bits per heavy atom. The van der Waals surface area contributed by atoms with Crippen LogP contribution in [0.2, 0.25) is 0 Å². The van der Waals surface area contributed by atoms with E-state index in [0.717, 1.165) is 0 Å². The molecule has 10 heteroatoms. The van der Waals surface area contributed by atoms with Crippen LogP contribution in [0.5, 0.6) is 0 Å². The van der Waals surface area contributed by atoms with Gasteiger partial charge in [0, 0.05) is 17.1 Å². The molecule has 0 saturated carbocycles. The molecule has 0 aromatic heterocycles. The first kappa shape index (κ1) is 25.7. The maximum Gasteiger partial charge on any atom is 1.00 e. The molecule has 0 aromatic carbocycles. The van der Waals surface area contributed by atoms with E-state index in [1.165, 1.54) is 0 Å². The number of hydrogen-bond donors (Lipinski definition) is 4. The van der Waals surface area contributed by atoms with Crippen molar-refractivity contribution in [1.29, 1.82) is 0 Å². The molecular weight excluding hydrogens is 294 g/mol. The van der Waals surface area contributed by atoms with Gasteiger partial charge in [0.15, 0.2) is 5.60 Å². The third kappa shape index (κ3) is 10.1. The molecular formula is C6H10CuNa2O7. The first-order valence-electron chi connectivity index (χ1n) is 3.17. The van der Waals surface area contributed by atoms with Crippen LogP contribution in [0.15, 0.2) is 0 Å². The van der Waals surface area contributed by atoms with Gasteiger partial charge in [-0.15, -0.1) is 0 Å². The summed E-state index contributed by atoms with van der Waals surface area (Å²) in [7, 11) is 0. The normalized spacial score (nSPS) is 8.81. The van der Waals surface area contributed by atoms with Gasteiger partial charge in [-0.2, -0.15) is 0 Å². The van der Waals surface area contributed by atoms with E-state index in [1.54, 1.807) is 0 Å². The third-order valence-corrected chi connectivity index (χ3v) is 1.29. The van der Waals surface area contributed by atoms with Gasteiger partial charge in [0.2, 0.25) is 0 Å². The van der Waals surface area contributed by atoms with Gasteiger partial charge in [0.1, 0.15) is 0 Å². The summed E-state index contributed by atoms with van der Waals surface area (Å²) in [6, 6.07) is 0. The summed E-state index contributed by atoms with van der Waals surface area (Å²) >= 11 is 0. The number of hydrogen-bond acceptors (Lipinski definition) is 4. The summed E-state index contributed by atoms with van der Waals surface area (Å²) in [5.74, 6) is -5.02. The van der Waals surface area contributed by atoms with Gasteiger partial charge in [-0.1, -0.05) is 0 Å². The maximum absolute atomic E-state index is 10.3. The second kappa shape index (κ2) is 11.0. The largest absolute Gasteiger partial charge is 1.00 e. The molecule has 0 aromatic rings. The first-order valence-corrected chi connectivity index (χ1v) is 3.17. The molecule has 0 rings (SSSR count). The van der Waals surface area contributed by atoms with Crippen LogP contribution in [-0.2, 0) is 31.5 Å². The molecule has 0 atom stereocenters. The molecule has 0 fully saturated rings. The minimum absolute atomic E-state index is 0. The third-order valence-electron chi connectivity index (χ3n) is 1.29. The standard InChI is InChI=1S/C6H8O7.Cu.2Na.2H/c7-3(8)1-6(13,5(11)12)2-4(9)10;;;;;/h13H,1-2H2,(H,7,8)(H,9,10)(H,11,12);;;;;/q;;2*+1;2*-1. The maximum atomic E-state index is 10.3. The smallest absolute Gasteiger partial charge is 1.00 e. The van der Waals surface area contributed by atoms with Gasteiger partial charge in [0.25, 0.3) is 0 Å². The number of carboxylic acids is 3. The van der Waals surface area contributed by atoms with Crippen molar-refractivity contribution in [3.8, 4) is 0 Å². The van der Waals surface area contributed by atoms with Crippen LogP contribution < -0.4 is 59.1 Å². The second-order valence-corrected chi connectivity index (χ2v) is 2.48. The summed E-state index contributed by atoms with van der Waals surface area (Å²) in [5, 5.41) is 33.8. The Hall–Kier alpha value is 0.889. The Bertz CT molecular complexity index is 250. The monoisotopic (exact) mass is 303 g/mol. The zero-order valence-electron chi connectivity index (χ0n) is 10.7. The number of rotatable bonds is 5. The molecule has 4 N–H and O–H groups in total. The molecule has 7 nitrogen and oxygen atoms in total. The number of carbonyl (C=O) groups is 3. The van der Waals surface area contributed by atoms with Gasteiger partial charge >= 0.3 is 77.0 Å². The van der Waals surface area contributed by atoms with Gasteiger partial charge in [-0.05, 0) is 0 Å². The molecule has 0 amide bonds. The van der Waals surface area contributed by atoms with Crippen molar-refractivity contribution < 1.29 is 114 Å². The Morgan fingerprint density at radius 1 is 0.938 bits per heavy atom. The molecule has 0 aliphatic rings. The SMILES string of the molecule is O=C(O)CC(O)(CC(=O)O)C(=O)O.[Cu].[H-].[H-].[Na+].[Na+]. The van der Waals surface area contributed by atoms with Crippen LogP contribution >= 0.6 is 0 Å². The van der Waals surface area contributed by atoms with E-state index < -0.39 is 36.4 Å². The van der Waals surface area contributed by atoms with Crippen LogP contribution in [-0.4, -0.2) is 43.9 Å². The second-order valence-electron chi connectivity index (χ2n) is 2.48. The Labute approximate surface area is 149 Å². The van der Waals surface area contributed by atoms with Gasteiger partial charge in [0.05, 0.1) is 12.8 Å². The Kier molecular flexibility index (Phi) is 17.7. The van der Waals surface area contributed by atoms with Crippen molar-refractivity contribution in [2.24, 2.45) is 0 Å². The van der Waals surface area contributed by atoms with Crippen LogP contribution in [0.25, 0.3) is 0 Å². The fourth-order valence-electron chi connectivity index (χ4n) is 0.714. The van der Waals surface area contributed by atoms with Gasteiger partial charge < -0.3 is 23.3 Å². The topological polar surface area (TPSA) is 132 Å². The predicted octanol–water partition coefficient (Wildman–Crippen LogP) is -7.02. The summed E-state index contributed by atoms with van der Waals surface area (Å²) in [6.07, 6.45) is -2.29. The Morgan fingerprint density at radius 3 is 1.31 bits per heavy atom. The van der Waals surface area contributed by atoms with Gasteiger partial charge in [-0.3, -0.25) is 9.59 Å². The predicted molar refractivity (Wildman–Crippen MR) is 39.3 cm³/mol. The van der Waals surface area contributed by atoms with E-state index in [-0.39, 0.29) is 79.0 Å². The van der Waals surface area contributed by atoms with Crippen LogP contribution in [0.4, 0.5) is 0 Å². The van der Waals surface area contributed by atoms with Crippen molar-refractivity contribution in [1.82, 2.24) is 0 Å². The van der Waals surface area contributed by atoms with Crippen molar-refractivity contribution in [3.63, 3.8) is 0 Å². The van der Waals surface area contributed by atoms with Crippen LogP contribution in [0.3, 0.4) is 0 Å². The molecule has 16 heavy (non-hydrogen) atoms. The van der Waals surface area contributed by atoms with E-state index in [1.807, 2.05) is 0 Å². The summed E-state index contributed by atoms with van der Waals surface area (Å²) in [5.41, 5.74) is -2.74. The van der Waals surface area contributed by atoms with E-state index in [0.29, 0.717) is 0 Å². The van der Waals surface area contributed by atoms with Crippen molar-refractivity contribution in [2.45, 2.75) is 18.4 Å². The zero-order chi connectivity index (χ0) is 10.6. The van der Waals surface area contributed by atoms with E-state index in [2.05, 4.69) is 0 Å². The minimum atomic E-state index is -2.74. The average Bonchev–Trinajstić information content (AvgIpc) is 1.82. The Balaban J connectivity index is -0.0000000720. The molecule has 0 heterocycles. The fraction of sp³-hybridized carbons (Fsp3) is 0.500. The molecule has 1 radical (unpaired) electrons. The summed E-state index contributed by atoms with van der Waals surface area (Å²) in [4.78, 5) is 30.5. The molecule has 0 aliphatic carbocycles. The number of carboxylic acid groups (broad SMARTS) is 3. The average molecular weight is 304 g/mol. The quantitative estimate of drug-likeness (QED) is 0.371. The van der Waals surface area contributed by atoms with E-state index in [4.69, 9.17) is 20.4 Å². The first-order chi connectivity index (χ1) is 5.78. The molecule has 0 unspecified atom stereocenters. The molecule has 0 spiro atoms. The van der Waals surface area contributed by atoms with E-state index >= 15 is 0 Å². The van der Waals surface area contributed by atoms with Crippen LogP contribution in [0, 0.1) is 0 Å². The molecule has 0 saturated heterocycles. The zero-order valence-corrected chi connectivity index (χ0v) is 13.7.